The SMILES string of the molecule is Cc1cn(C2OCC(O)C(O)C2OC(=O)c2ccccc2)c(=O)[nH]c1=O. The van der Waals surface area contributed by atoms with Crippen LogP contribution in [0, 0.1) is 6.92 Å². The van der Waals surface area contributed by atoms with Crippen molar-refractivity contribution < 1.29 is 24.5 Å². The number of aliphatic hydroxyl groups excluding tert-OH is 2. The fraction of sp³-hybridized carbons (Fsp3) is 0.353. The second-order valence-electron chi connectivity index (χ2n) is 6.00. The molecule has 9 heteroatoms. The molecule has 0 aliphatic carbocycles. The van der Waals surface area contributed by atoms with Crippen molar-refractivity contribution in [1.29, 1.82) is 0 Å². The molecule has 26 heavy (non-hydrogen) atoms. The summed E-state index contributed by atoms with van der Waals surface area (Å²) >= 11 is 0. The van der Waals surface area contributed by atoms with Crippen LogP contribution in [0.1, 0.15) is 22.1 Å². The number of H-pyrrole nitrogens is 1. The van der Waals surface area contributed by atoms with Crippen LogP contribution in [0.15, 0.2) is 46.1 Å². The van der Waals surface area contributed by atoms with Gasteiger partial charge < -0.3 is 19.7 Å². The normalized spacial score (nSPS) is 25.7. The van der Waals surface area contributed by atoms with Crippen molar-refractivity contribution in [1.82, 2.24) is 9.55 Å². The molecule has 4 unspecified atom stereocenters. The number of rotatable bonds is 3. The maximum absolute atomic E-state index is 12.3. The number of carbonyl (C=O) groups is 1. The number of aryl methyl sites for hydroxylation is 1. The number of hydrogen-bond donors (Lipinski definition) is 3. The molecule has 2 heterocycles. The van der Waals surface area contributed by atoms with Crippen LogP contribution >= 0.6 is 0 Å². The van der Waals surface area contributed by atoms with E-state index >= 15 is 0 Å². The van der Waals surface area contributed by atoms with Crippen LogP contribution in [-0.2, 0) is 9.47 Å². The van der Waals surface area contributed by atoms with Gasteiger partial charge in [0.1, 0.15) is 12.2 Å². The van der Waals surface area contributed by atoms with E-state index < -0.39 is 41.8 Å². The zero-order chi connectivity index (χ0) is 18.8. The van der Waals surface area contributed by atoms with Crippen molar-refractivity contribution in [3.8, 4) is 0 Å². The molecule has 1 aliphatic heterocycles. The summed E-state index contributed by atoms with van der Waals surface area (Å²) in [5.74, 6) is -0.744. The molecule has 3 N–H and O–H groups in total. The Bertz CT molecular complexity index is 905. The zero-order valence-corrected chi connectivity index (χ0v) is 13.9. The van der Waals surface area contributed by atoms with Gasteiger partial charge in [0.25, 0.3) is 5.56 Å². The molecule has 0 bridgehead atoms. The maximum atomic E-state index is 12.3. The lowest BCUT2D eigenvalue weighted by molar-refractivity contribution is -0.212. The van der Waals surface area contributed by atoms with E-state index in [1.807, 2.05) is 0 Å². The lowest BCUT2D eigenvalue weighted by Gasteiger charge is -2.38. The molecule has 0 saturated carbocycles. The molecule has 3 rings (SSSR count). The summed E-state index contributed by atoms with van der Waals surface area (Å²) in [5, 5.41) is 20.1. The molecule has 1 aromatic heterocycles. The highest BCUT2D eigenvalue weighted by atomic mass is 16.6. The van der Waals surface area contributed by atoms with E-state index in [1.54, 1.807) is 18.2 Å². The lowest BCUT2D eigenvalue weighted by Crippen LogP contribution is -2.54. The van der Waals surface area contributed by atoms with Gasteiger partial charge in [0.2, 0.25) is 0 Å². The Morgan fingerprint density at radius 3 is 2.65 bits per heavy atom. The molecular weight excluding hydrogens is 344 g/mol. The predicted octanol–water partition coefficient (Wildman–Crippen LogP) is -0.679. The number of hydrogen-bond acceptors (Lipinski definition) is 7. The maximum Gasteiger partial charge on any atom is 0.338 e. The van der Waals surface area contributed by atoms with Crippen molar-refractivity contribution in [3.63, 3.8) is 0 Å². The molecule has 1 fully saturated rings. The molecule has 0 spiro atoms. The van der Waals surface area contributed by atoms with Crippen LogP contribution in [-0.4, -0.2) is 50.7 Å². The van der Waals surface area contributed by atoms with E-state index in [4.69, 9.17) is 9.47 Å². The molecule has 1 aromatic carbocycles. The quantitative estimate of drug-likeness (QED) is 0.617. The molecule has 0 radical (unpaired) electrons. The van der Waals surface area contributed by atoms with Gasteiger partial charge in [0, 0.05) is 11.8 Å². The Labute approximate surface area is 147 Å². The summed E-state index contributed by atoms with van der Waals surface area (Å²) < 4.78 is 11.8. The molecular formula is C17H18N2O7. The minimum Gasteiger partial charge on any atom is -0.451 e. The van der Waals surface area contributed by atoms with Crippen molar-refractivity contribution in [2.75, 3.05) is 6.61 Å². The minimum absolute atomic E-state index is 0.238. The van der Waals surface area contributed by atoms with Gasteiger partial charge in [-0.3, -0.25) is 14.3 Å². The summed E-state index contributed by atoms with van der Waals surface area (Å²) in [4.78, 5) is 38.1. The second kappa shape index (κ2) is 7.24. The average Bonchev–Trinajstić information content (AvgIpc) is 2.63. The third kappa shape index (κ3) is 3.45. The fourth-order valence-electron chi connectivity index (χ4n) is 2.69. The third-order valence-electron chi connectivity index (χ3n) is 4.12. The van der Waals surface area contributed by atoms with Gasteiger partial charge in [-0.05, 0) is 19.1 Å². The van der Waals surface area contributed by atoms with Crippen molar-refractivity contribution in [3.05, 3.63) is 68.5 Å². The van der Waals surface area contributed by atoms with Crippen LogP contribution < -0.4 is 11.2 Å². The summed E-state index contributed by atoms with van der Waals surface area (Å²) in [5.41, 5.74) is -0.860. The Morgan fingerprint density at radius 1 is 1.27 bits per heavy atom. The van der Waals surface area contributed by atoms with Gasteiger partial charge in [-0.15, -0.1) is 0 Å². The molecule has 9 nitrogen and oxygen atoms in total. The number of aromatic nitrogens is 2. The van der Waals surface area contributed by atoms with Crippen LogP contribution in [0.25, 0.3) is 0 Å². The minimum atomic E-state index is -1.47. The number of aromatic amines is 1. The summed E-state index contributed by atoms with van der Waals surface area (Å²) in [6.07, 6.45) is -4.07. The molecule has 0 amide bonds. The summed E-state index contributed by atoms with van der Waals surface area (Å²) in [6.45, 7) is 1.23. The largest absolute Gasteiger partial charge is 0.451 e. The van der Waals surface area contributed by atoms with E-state index in [2.05, 4.69) is 4.98 Å². The van der Waals surface area contributed by atoms with Gasteiger partial charge in [0.05, 0.1) is 12.2 Å². The van der Waals surface area contributed by atoms with E-state index in [1.165, 1.54) is 25.3 Å². The van der Waals surface area contributed by atoms with Crippen LogP contribution in [0.2, 0.25) is 0 Å². The number of nitrogens with one attached hydrogen (secondary N) is 1. The van der Waals surface area contributed by atoms with E-state index in [9.17, 15) is 24.6 Å². The topological polar surface area (TPSA) is 131 Å². The predicted molar refractivity (Wildman–Crippen MR) is 88.7 cm³/mol. The highest BCUT2D eigenvalue weighted by molar-refractivity contribution is 5.89. The molecule has 138 valence electrons. The van der Waals surface area contributed by atoms with Gasteiger partial charge >= 0.3 is 11.7 Å². The standard InChI is InChI=1S/C17H18N2O7/c1-9-7-19(17(24)18-14(9)22)15-13(12(21)11(20)8-25-15)26-16(23)10-5-3-2-4-6-10/h2-7,11-13,15,20-21H,8H2,1H3,(H,18,22,24). The van der Waals surface area contributed by atoms with E-state index in [-0.39, 0.29) is 17.7 Å². The Hall–Kier alpha value is -2.75. The first-order valence-corrected chi connectivity index (χ1v) is 7.94. The van der Waals surface area contributed by atoms with Crippen molar-refractivity contribution >= 4 is 5.97 Å². The van der Waals surface area contributed by atoms with Crippen LogP contribution in [0.4, 0.5) is 0 Å². The Kier molecular flexibility index (Phi) is 5.03. The average molecular weight is 362 g/mol. The third-order valence-corrected chi connectivity index (χ3v) is 4.12. The number of esters is 1. The zero-order valence-electron chi connectivity index (χ0n) is 13.9. The first-order chi connectivity index (χ1) is 12.4. The number of nitrogens with zero attached hydrogens (tertiary/aromatic N) is 1. The molecule has 2 aromatic rings. The number of aliphatic hydroxyl groups is 2. The summed E-state index contributed by atoms with van der Waals surface area (Å²) in [7, 11) is 0. The highest BCUT2D eigenvalue weighted by Gasteiger charge is 2.43. The smallest absolute Gasteiger partial charge is 0.338 e. The fourth-order valence-corrected chi connectivity index (χ4v) is 2.69. The number of carbonyl (C=O) groups excluding carboxylic acids is 1. The monoisotopic (exact) mass is 362 g/mol. The second-order valence-corrected chi connectivity index (χ2v) is 6.00. The number of benzene rings is 1. The lowest BCUT2D eigenvalue weighted by atomic mass is 10.0. The highest BCUT2D eigenvalue weighted by Crippen LogP contribution is 2.26. The first kappa shape index (κ1) is 18.1. The van der Waals surface area contributed by atoms with Gasteiger partial charge in [-0.25, -0.2) is 9.59 Å². The van der Waals surface area contributed by atoms with Crippen LogP contribution in [0.5, 0.6) is 0 Å². The van der Waals surface area contributed by atoms with Gasteiger partial charge in [-0.1, -0.05) is 18.2 Å². The molecule has 1 saturated heterocycles. The number of ether oxygens (including phenoxy) is 2. The van der Waals surface area contributed by atoms with E-state index in [0.29, 0.717) is 0 Å². The Morgan fingerprint density at radius 2 is 1.96 bits per heavy atom. The summed E-state index contributed by atoms with van der Waals surface area (Å²) in [6, 6.07) is 8.07. The van der Waals surface area contributed by atoms with Crippen LogP contribution in [0.3, 0.4) is 0 Å². The molecule has 1 aliphatic rings. The van der Waals surface area contributed by atoms with Crippen molar-refractivity contribution in [2.24, 2.45) is 0 Å². The first-order valence-electron chi connectivity index (χ1n) is 7.94. The van der Waals surface area contributed by atoms with Gasteiger partial charge in [-0.2, -0.15) is 0 Å². The Balaban J connectivity index is 1.95. The molecule has 4 atom stereocenters. The van der Waals surface area contributed by atoms with E-state index in [0.717, 1.165) is 4.57 Å². The van der Waals surface area contributed by atoms with Gasteiger partial charge in [0.15, 0.2) is 12.3 Å². The van der Waals surface area contributed by atoms with Crippen molar-refractivity contribution in [2.45, 2.75) is 31.5 Å².